The number of aromatic nitrogens is 1. The molecular weight excluding hydrogens is 332 g/mol. The van der Waals surface area contributed by atoms with Crippen LogP contribution in [-0.4, -0.2) is 52.6 Å². The minimum Gasteiger partial charge on any atom is -0.382 e. The third kappa shape index (κ3) is 5.72. The van der Waals surface area contributed by atoms with Crippen LogP contribution in [0.3, 0.4) is 0 Å². The summed E-state index contributed by atoms with van der Waals surface area (Å²) in [4.78, 5) is 14.8. The van der Waals surface area contributed by atoms with Crippen LogP contribution in [0.5, 0.6) is 0 Å². The molecule has 0 amide bonds. The lowest BCUT2D eigenvalue weighted by Gasteiger charge is -2.08. The summed E-state index contributed by atoms with van der Waals surface area (Å²) in [5.74, 6) is -0.120. The molecule has 0 radical (unpaired) electrons. The summed E-state index contributed by atoms with van der Waals surface area (Å²) < 4.78 is 36.1. The van der Waals surface area contributed by atoms with E-state index in [2.05, 4.69) is 9.71 Å². The van der Waals surface area contributed by atoms with Crippen LogP contribution >= 0.6 is 0 Å². The van der Waals surface area contributed by atoms with Crippen molar-refractivity contribution in [2.24, 2.45) is 0 Å². The fraction of sp³-hybridized carbons (Fsp3) is 0.438. The molecule has 7 nitrogen and oxygen atoms in total. The Bertz CT molecular complexity index is 817. The highest BCUT2D eigenvalue weighted by Crippen LogP contribution is 2.10. The summed E-state index contributed by atoms with van der Waals surface area (Å²) in [7, 11) is -1.87. The number of para-hydroxylation sites is 1. The van der Waals surface area contributed by atoms with Crippen molar-refractivity contribution in [3.8, 4) is 0 Å². The number of nitrogens with one attached hydrogen (secondary N) is 2. The fourth-order valence-electron chi connectivity index (χ4n) is 2.20. The van der Waals surface area contributed by atoms with Gasteiger partial charge in [-0.15, -0.1) is 0 Å². The lowest BCUT2D eigenvalue weighted by Crippen LogP contribution is -2.31. The fourth-order valence-corrected chi connectivity index (χ4v) is 3.10. The molecule has 0 aliphatic rings. The number of fused-ring (bicyclic) bond motifs is 1. The van der Waals surface area contributed by atoms with Gasteiger partial charge in [0, 0.05) is 24.7 Å². The molecule has 0 atom stereocenters. The van der Waals surface area contributed by atoms with Gasteiger partial charge in [0.1, 0.15) is 0 Å². The second-order valence-electron chi connectivity index (χ2n) is 5.28. The first kappa shape index (κ1) is 18.6. The topological polar surface area (TPSA) is 97.5 Å². The molecule has 2 N–H and O–H groups in total. The molecule has 0 saturated heterocycles. The lowest BCUT2D eigenvalue weighted by molar-refractivity contribution is 0.0784. The number of H-pyrrole nitrogens is 1. The molecule has 0 aliphatic heterocycles. The summed E-state index contributed by atoms with van der Waals surface area (Å²) in [6.07, 6.45) is 0.323. The average molecular weight is 354 g/mol. The zero-order chi connectivity index (χ0) is 17.4. The third-order valence-corrected chi connectivity index (χ3v) is 4.82. The average Bonchev–Trinajstić information content (AvgIpc) is 2.55. The molecule has 2 rings (SSSR count). The van der Waals surface area contributed by atoms with Crippen molar-refractivity contribution in [3.05, 3.63) is 46.2 Å². The molecule has 2 aromatic rings. The highest BCUT2D eigenvalue weighted by molar-refractivity contribution is 7.89. The van der Waals surface area contributed by atoms with E-state index in [9.17, 15) is 13.2 Å². The first-order chi connectivity index (χ1) is 11.5. The molecule has 132 valence electrons. The van der Waals surface area contributed by atoms with Gasteiger partial charge < -0.3 is 14.5 Å². The molecule has 0 saturated carbocycles. The van der Waals surface area contributed by atoms with Crippen molar-refractivity contribution >= 4 is 20.9 Å². The van der Waals surface area contributed by atoms with E-state index in [1.165, 1.54) is 0 Å². The molecule has 0 fully saturated rings. The van der Waals surface area contributed by atoms with Gasteiger partial charge in [-0.25, -0.2) is 13.1 Å². The smallest absolute Gasteiger partial charge is 0.251 e. The molecule has 1 heterocycles. The summed E-state index contributed by atoms with van der Waals surface area (Å²) in [6.45, 7) is 1.06. The molecule has 8 heteroatoms. The Labute approximate surface area is 141 Å². The Morgan fingerprint density at radius 1 is 1.17 bits per heavy atom. The zero-order valence-electron chi connectivity index (χ0n) is 13.6. The molecular formula is C16H22N2O5S. The van der Waals surface area contributed by atoms with E-state index in [4.69, 9.17) is 9.47 Å². The van der Waals surface area contributed by atoms with E-state index in [1.807, 2.05) is 24.3 Å². The number of benzene rings is 1. The zero-order valence-corrected chi connectivity index (χ0v) is 14.4. The maximum atomic E-state index is 12.0. The van der Waals surface area contributed by atoms with Gasteiger partial charge in [-0.2, -0.15) is 0 Å². The summed E-state index contributed by atoms with van der Waals surface area (Å²) in [6, 6.07) is 9.25. The van der Waals surface area contributed by atoms with Crippen molar-refractivity contribution in [3.63, 3.8) is 0 Å². The van der Waals surface area contributed by atoms with E-state index in [-0.39, 0.29) is 24.5 Å². The van der Waals surface area contributed by atoms with Gasteiger partial charge in [-0.3, -0.25) is 4.79 Å². The molecule has 24 heavy (non-hydrogen) atoms. The largest absolute Gasteiger partial charge is 0.382 e. The van der Waals surface area contributed by atoms with Crippen LogP contribution in [0.25, 0.3) is 10.9 Å². The van der Waals surface area contributed by atoms with Gasteiger partial charge in [-0.05, 0) is 23.9 Å². The highest BCUT2D eigenvalue weighted by atomic mass is 32.2. The number of methoxy groups -OCH3 is 1. The molecule has 1 aromatic heterocycles. The maximum absolute atomic E-state index is 12.0. The summed E-state index contributed by atoms with van der Waals surface area (Å²) in [5.41, 5.74) is 1.11. The van der Waals surface area contributed by atoms with Gasteiger partial charge >= 0.3 is 0 Å². The van der Waals surface area contributed by atoms with E-state index >= 15 is 0 Å². The Kier molecular flexibility index (Phi) is 6.92. The minimum atomic E-state index is -3.42. The first-order valence-corrected chi connectivity index (χ1v) is 9.32. The van der Waals surface area contributed by atoms with Gasteiger partial charge in [0.15, 0.2) is 0 Å². The Morgan fingerprint density at radius 3 is 2.75 bits per heavy atom. The second-order valence-corrected chi connectivity index (χ2v) is 7.21. The number of aromatic amines is 1. The molecule has 0 spiro atoms. The highest BCUT2D eigenvalue weighted by Gasteiger charge is 2.10. The Hall–Kier alpha value is -1.74. The third-order valence-electron chi connectivity index (χ3n) is 3.47. The van der Waals surface area contributed by atoms with Crippen LogP contribution in [0.1, 0.15) is 5.56 Å². The standard InChI is InChI=1S/C16H22N2O5S/c1-22-8-9-23-10-11-24(20,21)17-7-6-14-12-13-4-2-3-5-15(13)18-16(14)19/h2-5,12,17H,6-11H2,1H3,(H,18,19). The van der Waals surface area contributed by atoms with Gasteiger partial charge in [0.2, 0.25) is 10.0 Å². The normalized spacial score (nSPS) is 11.9. The van der Waals surface area contributed by atoms with Crippen LogP contribution in [0, 0.1) is 0 Å². The molecule has 1 aromatic carbocycles. The number of rotatable bonds is 10. The summed E-state index contributed by atoms with van der Waals surface area (Å²) in [5, 5.41) is 0.918. The van der Waals surface area contributed by atoms with Crippen LogP contribution in [0.4, 0.5) is 0 Å². The number of pyridine rings is 1. The van der Waals surface area contributed by atoms with E-state index in [0.29, 0.717) is 25.2 Å². The number of hydrogen-bond acceptors (Lipinski definition) is 5. The van der Waals surface area contributed by atoms with Gasteiger partial charge in [0.25, 0.3) is 5.56 Å². The first-order valence-electron chi connectivity index (χ1n) is 7.67. The Balaban J connectivity index is 1.85. The quantitative estimate of drug-likeness (QED) is 0.611. The van der Waals surface area contributed by atoms with Crippen LogP contribution in [0.2, 0.25) is 0 Å². The van der Waals surface area contributed by atoms with E-state index in [0.717, 1.165) is 10.9 Å². The lowest BCUT2D eigenvalue weighted by atomic mass is 10.1. The Morgan fingerprint density at radius 2 is 1.96 bits per heavy atom. The van der Waals surface area contributed by atoms with Crippen molar-refractivity contribution in [1.82, 2.24) is 9.71 Å². The van der Waals surface area contributed by atoms with Crippen LogP contribution < -0.4 is 10.3 Å². The van der Waals surface area contributed by atoms with Gasteiger partial charge in [-0.1, -0.05) is 18.2 Å². The number of ether oxygens (including phenoxy) is 2. The van der Waals surface area contributed by atoms with Crippen molar-refractivity contribution < 1.29 is 17.9 Å². The van der Waals surface area contributed by atoms with Crippen molar-refractivity contribution in [1.29, 1.82) is 0 Å². The predicted octanol–water partition coefficient (Wildman–Crippen LogP) is 0.653. The predicted molar refractivity (Wildman–Crippen MR) is 92.8 cm³/mol. The minimum absolute atomic E-state index is 0.106. The molecule has 0 aliphatic carbocycles. The number of sulfonamides is 1. The molecule has 0 unspecified atom stereocenters. The van der Waals surface area contributed by atoms with Gasteiger partial charge in [0.05, 0.1) is 25.6 Å². The van der Waals surface area contributed by atoms with Crippen molar-refractivity contribution in [2.45, 2.75) is 6.42 Å². The van der Waals surface area contributed by atoms with E-state index < -0.39 is 10.0 Å². The van der Waals surface area contributed by atoms with Crippen LogP contribution in [0.15, 0.2) is 35.1 Å². The molecule has 0 bridgehead atoms. The monoisotopic (exact) mass is 354 g/mol. The summed E-state index contributed by atoms with van der Waals surface area (Å²) >= 11 is 0. The van der Waals surface area contributed by atoms with E-state index in [1.54, 1.807) is 13.2 Å². The van der Waals surface area contributed by atoms with Crippen LogP contribution in [-0.2, 0) is 25.9 Å². The number of hydrogen-bond donors (Lipinski definition) is 2. The van der Waals surface area contributed by atoms with Crippen molar-refractivity contribution in [2.75, 3.05) is 39.2 Å². The second kappa shape index (κ2) is 8.93. The SMILES string of the molecule is COCCOCCS(=O)(=O)NCCc1cc2ccccc2[nH]c1=O. The maximum Gasteiger partial charge on any atom is 0.251 e.